The smallest absolute Gasteiger partial charge is 0.268 e. The lowest BCUT2D eigenvalue weighted by Gasteiger charge is -2.29. The quantitative estimate of drug-likeness (QED) is 0.0272. The first-order valence-electron chi connectivity index (χ1n) is 39.9. The monoisotopic (exact) mass is 1270 g/mol. The van der Waals surface area contributed by atoms with Crippen molar-refractivity contribution in [2.75, 3.05) is 40.9 Å². The van der Waals surface area contributed by atoms with Crippen molar-refractivity contribution in [2.24, 2.45) is 0 Å². The summed E-state index contributed by atoms with van der Waals surface area (Å²) in [6.07, 6.45) is 96.1. The lowest BCUT2D eigenvalue weighted by atomic mass is 10.0. The Morgan fingerprint density at radius 3 is 0.910 bits per heavy atom. The summed E-state index contributed by atoms with van der Waals surface area (Å²) in [5.41, 5.74) is 0. The number of phosphoric acid groups is 1. The zero-order valence-electron chi connectivity index (χ0n) is 60.7. The van der Waals surface area contributed by atoms with E-state index in [1.165, 1.54) is 360 Å². The molecule has 8 nitrogen and oxygen atoms in total. The van der Waals surface area contributed by atoms with Crippen LogP contribution in [-0.4, -0.2) is 68.5 Å². The predicted octanol–water partition coefficient (Wildman–Crippen LogP) is 25.3. The summed E-state index contributed by atoms with van der Waals surface area (Å²) in [6, 6.07) is -0.904. The summed E-state index contributed by atoms with van der Waals surface area (Å²) in [5.74, 6) is -0.198. The minimum atomic E-state index is -4.61. The van der Waals surface area contributed by atoms with Crippen LogP contribution in [0.4, 0.5) is 0 Å². The van der Waals surface area contributed by atoms with Crippen LogP contribution in [0, 0.1) is 0 Å². The molecule has 0 aromatic heterocycles. The molecule has 9 heteroatoms. The minimum absolute atomic E-state index is 0.00409. The number of amides is 1. The van der Waals surface area contributed by atoms with E-state index in [4.69, 9.17) is 9.05 Å². The third-order valence-electron chi connectivity index (χ3n) is 18.6. The van der Waals surface area contributed by atoms with Crippen LogP contribution in [-0.2, 0) is 18.4 Å². The van der Waals surface area contributed by atoms with Crippen LogP contribution in [0.3, 0.4) is 0 Å². The molecular weight excluding hydrogens is 1120 g/mol. The molecular formula is C80H157N2O6P. The van der Waals surface area contributed by atoms with Gasteiger partial charge < -0.3 is 28.8 Å². The maximum atomic E-state index is 13.1. The second kappa shape index (κ2) is 71.0. The van der Waals surface area contributed by atoms with E-state index in [2.05, 4.69) is 43.5 Å². The summed E-state index contributed by atoms with van der Waals surface area (Å²) >= 11 is 0. The number of aliphatic hydroxyl groups excluding tert-OH is 1. The van der Waals surface area contributed by atoms with Crippen LogP contribution in [0.5, 0.6) is 0 Å². The number of carbonyl (C=O) groups is 1. The first-order valence-corrected chi connectivity index (χ1v) is 41.3. The molecule has 0 aromatic rings. The Balaban J connectivity index is 3.98. The standard InChI is InChI=1S/C80H157N2O6P/c1-6-8-10-12-14-16-18-20-22-24-26-28-30-32-34-36-38-40-41-42-44-46-48-50-52-54-56-58-60-62-64-66-68-70-72-74-80(84)81-78(77-88-89(85,86)87-76-75-82(3,4)5)79(83)73-71-69-67-65-63-61-59-57-55-53-51-49-47-45-43-39-37-35-33-31-29-27-25-23-21-19-17-15-13-11-9-7-2/h24,26,63,65,71,73,78-79,83H,6-23,25,27-62,64,66-70,72,74-77H2,1-5H3,(H-,81,84,85,86)/b26-24-,65-63+,73-71+. The number of hydrogen-bond acceptors (Lipinski definition) is 6. The van der Waals surface area contributed by atoms with E-state index in [-0.39, 0.29) is 19.1 Å². The molecule has 89 heavy (non-hydrogen) atoms. The molecule has 0 fully saturated rings. The van der Waals surface area contributed by atoms with Gasteiger partial charge in [0.05, 0.1) is 39.9 Å². The molecule has 0 bridgehead atoms. The minimum Gasteiger partial charge on any atom is -0.756 e. The number of phosphoric ester groups is 1. The highest BCUT2D eigenvalue weighted by atomic mass is 31.2. The zero-order chi connectivity index (χ0) is 64.8. The lowest BCUT2D eigenvalue weighted by Crippen LogP contribution is -2.45. The van der Waals surface area contributed by atoms with Gasteiger partial charge >= 0.3 is 0 Å². The van der Waals surface area contributed by atoms with Gasteiger partial charge in [-0.1, -0.05) is 391 Å². The van der Waals surface area contributed by atoms with E-state index in [0.717, 1.165) is 38.5 Å². The lowest BCUT2D eigenvalue weighted by molar-refractivity contribution is -0.870. The number of allylic oxidation sites excluding steroid dienone is 5. The van der Waals surface area contributed by atoms with Crippen LogP contribution in [0.1, 0.15) is 418 Å². The fourth-order valence-electron chi connectivity index (χ4n) is 12.4. The van der Waals surface area contributed by atoms with Gasteiger partial charge in [-0.05, 0) is 57.8 Å². The number of carbonyl (C=O) groups excluding carboxylic acids is 1. The fourth-order valence-corrected chi connectivity index (χ4v) is 13.1. The number of unbranched alkanes of at least 4 members (excludes halogenated alkanes) is 58. The van der Waals surface area contributed by atoms with Crippen molar-refractivity contribution < 1.29 is 32.9 Å². The molecule has 0 aliphatic rings. The average Bonchev–Trinajstić information content (AvgIpc) is 3.64. The number of quaternary nitrogens is 1. The Kier molecular flexibility index (Phi) is 70.0. The molecule has 2 N–H and O–H groups in total. The Labute approximate surface area is 557 Å². The second-order valence-electron chi connectivity index (χ2n) is 28.8. The van der Waals surface area contributed by atoms with Gasteiger partial charge in [0.15, 0.2) is 0 Å². The van der Waals surface area contributed by atoms with Crippen molar-refractivity contribution in [1.82, 2.24) is 5.32 Å². The van der Waals surface area contributed by atoms with Crippen LogP contribution >= 0.6 is 7.82 Å². The van der Waals surface area contributed by atoms with Crippen molar-refractivity contribution >= 4 is 13.7 Å². The SMILES string of the molecule is CCCCCCCCCC/C=C\CCCCCCCCCCCCCCCCCCCCCCCCCC(=O)NC(COP(=O)([O-])OCC[N+](C)(C)C)C(O)/C=C/CC/C=C/CCCCCCCCCCCCCCCCCCCCCCCCCCCC. The van der Waals surface area contributed by atoms with Gasteiger partial charge in [0.1, 0.15) is 13.2 Å². The molecule has 0 saturated carbocycles. The third kappa shape index (κ3) is 74.0. The first kappa shape index (κ1) is 87.7. The van der Waals surface area contributed by atoms with Gasteiger partial charge in [0.25, 0.3) is 7.82 Å². The maximum Gasteiger partial charge on any atom is 0.268 e. The van der Waals surface area contributed by atoms with Crippen LogP contribution in [0.2, 0.25) is 0 Å². The highest BCUT2D eigenvalue weighted by Crippen LogP contribution is 2.38. The summed E-state index contributed by atoms with van der Waals surface area (Å²) < 4.78 is 23.5. The van der Waals surface area contributed by atoms with Crippen molar-refractivity contribution in [3.63, 3.8) is 0 Å². The Bertz CT molecular complexity index is 1550. The highest BCUT2D eigenvalue weighted by molar-refractivity contribution is 7.45. The van der Waals surface area contributed by atoms with Crippen molar-refractivity contribution in [3.05, 3.63) is 36.5 Å². The van der Waals surface area contributed by atoms with Gasteiger partial charge in [-0.15, -0.1) is 0 Å². The maximum absolute atomic E-state index is 13.1. The van der Waals surface area contributed by atoms with Crippen LogP contribution < -0.4 is 10.2 Å². The van der Waals surface area contributed by atoms with E-state index in [0.29, 0.717) is 17.4 Å². The van der Waals surface area contributed by atoms with Crippen molar-refractivity contribution in [2.45, 2.75) is 431 Å². The van der Waals surface area contributed by atoms with E-state index in [1.807, 2.05) is 27.2 Å². The number of nitrogens with one attached hydrogen (secondary N) is 1. The molecule has 0 saturated heterocycles. The van der Waals surface area contributed by atoms with Crippen molar-refractivity contribution in [1.29, 1.82) is 0 Å². The molecule has 0 heterocycles. The predicted molar refractivity (Wildman–Crippen MR) is 390 cm³/mol. The number of nitrogens with zero attached hydrogens (tertiary/aromatic N) is 1. The van der Waals surface area contributed by atoms with Gasteiger partial charge in [-0.2, -0.15) is 0 Å². The molecule has 0 radical (unpaired) electrons. The molecule has 3 atom stereocenters. The molecule has 0 spiro atoms. The topological polar surface area (TPSA) is 108 Å². The largest absolute Gasteiger partial charge is 0.756 e. The van der Waals surface area contributed by atoms with Crippen LogP contribution in [0.25, 0.3) is 0 Å². The zero-order valence-corrected chi connectivity index (χ0v) is 61.6. The van der Waals surface area contributed by atoms with E-state index in [1.54, 1.807) is 6.08 Å². The van der Waals surface area contributed by atoms with Gasteiger partial charge in [-0.25, -0.2) is 0 Å². The Morgan fingerprint density at radius 1 is 0.382 bits per heavy atom. The normalized spacial score (nSPS) is 13.7. The highest BCUT2D eigenvalue weighted by Gasteiger charge is 2.23. The summed E-state index contributed by atoms with van der Waals surface area (Å²) in [7, 11) is 1.26. The molecule has 0 aliphatic heterocycles. The van der Waals surface area contributed by atoms with E-state index < -0.39 is 20.0 Å². The molecule has 3 unspecified atom stereocenters. The molecule has 0 aromatic carbocycles. The van der Waals surface area contributed by atoms with Crippen LogP contribution in [0.15, 0.2) is 36.5 Å². The summed E-state index contributed by atoms with van der Waals surface area (Å²) in [6.45, 7) is 4.70. The third-order valence-corrected chi connectivity index (χ3v) is 19.5. The first-order chi connectivity index (χ1) is 43.5. The number of likely N-dealkylation sites (N-methyl/N-ethyl adjacent to an activating group) is 1. The number of aliphatic hydroxyl groups is 1. The fraction of sp³-hybridized carbons (Fsp3) is 0.912. The van der Waals surface area contributed by atoms with E-state index in [9.17, 15) is 19.4 Å². The second-order valence-corrected chi connectivity index (χ2v) is 30.2. The molecule has 528 valence electrons. The van der Waals surface area contributed by atoms with Crippen molar-refractivity contribution in [3.8, 4) is 0 Å². The van der Waals surface area contributed by atoms with Gasteiger partial charge in [0, 0.05) is 6.42 Å². The molecule has 0 aliphatic carbocycles. The molecule has 0 rings (SSSR count). The van der Waals surface area contributed by atoms with E-state index >= 15 is 0 Å². The van der Waals surface area contributed by atoms with Gasteiger partial charge in [-0.3, -0.25) is 9.36 Å². The summed E-state index contributed by atoms with van der Waals surface area (Å²) in [5, 5.41) is 14.0. The summed E-state index contributed by atoms with van der Waals surface area (Å²) in [4.78, 5) is 25.7. The Morgan fingerprint density at radius 2 is 0.629 bits per heavy atom. The molecule has 1 amide bonds. The van der Waals surface area contributed by atoms with Gasteiger partial charge in [0.2, 0.25) is 5.91 Å². The number of rotatable bonds is 75. The Hall–Kier alpha value is -1.28. The number of hydrogen-bond donors (Lipinski definition) is 2. The average molecular weight is 1270 g/mol.